The maximum atomic E-state index is 12.7. The summed E-state index contributed by atoms with van der Waals surface area (Å²) in [5.74, 6) is -0.438. The van der Waals surface area contributed by atoms with Crippen molar-refractivity contribution in [1.82, 2.24) is 10.4 Å². The molecular weight excluding hydrogens is 511 g/mol. The lowest BCUT2D eigenvalue weighted by Crippen LogP contribution is -2.44. The normalized spacial score (nSPS) is 15.2. The third-order valence-electron chi connectivity index (χ3n) is 3.69. The van der Waals surface area contributed by atoms with Crippen molar-refractivity contribution in [2.75, 3.05) is 6.61 Å². The maximum absolute atomic E-state index is 12.7. The lowest BCUT2D eigenvalue weighted by Gasteiger charge is -2.15. The van der Waals surface area contributed by atoms with Crippen LogP contribution in [0.4, 0.5) is 0 Å². The molecule has 1 saturated heterocycles. The van der Waals surface area contributed by atoms with Crippen LogP contribution in [0.5, 0.6) is 11.5 Å². The highest BCUT2D eigenvalue weighted by atomic mass is 127. The first kappa shape index (κ1) is 20.6. The number of ether oxygens (including phenoxy) is 1. The minimum Gasteiger partial charge on any atom is -0.504 e. The van der Waals surface area contributed by atoms with Crippen LogP contribution < -0.4 is 10.2 Å². The van der Waals surface area contributed by atoms with Crippen LogP contribution in [-0.4, -0.2) is 32.9 Å². The van der Waals surface area contributed by atoms with Gasteiger partial charge in [0.1, 0.15) is 0 Å². The van der Waals surface area contributed by atoms with E-state index in [9.17, 15) is 14.7 Å². The number of carbonyl (C=O) groups is 2. The lowest BCUT2D eigenvalue weighted by atomic mass is 10.2. The van der Waals surface area contributed by atoms with E-state index < -0.39 is 11.8 Å². The Morgan fingerprint density at radius 3 is 2.75 bits per heavy atom. The molecule has 0 spiro atoms. The molecular formula is C19H15IN2O4S2. The fourth-order valence-electron chi connectivity index (χ4n) is 2.41. The van der Waals surface area contributed by atoms with Crippen LogP contribution in [0, 0.1) is 3.57 Å². The summed E-state index contributed by atoms with van der Waals surface area (Å²) in [7, 11) is 0. The summed E-state index contributed by atoms with van der Waals surface area (Å²) in [5, 5.41) is 11.1. The van der Waals surface area contributed by atoms with Gasteiger partial charge in [-0.2, -0.15) is 5.01 Å². The lowest BCUT2D eigenvalue weighted by molar-refractivity contribution is -0.123. The average molecular weight is 526 g/mol. The smallest absolute Gasteiger partial charge is 0.285 e. The SMILES string of the molecule is CCOc1cc(/C=C2/SC(=S)N(NC(=O)c3ccccc3)C2=O)cc(I)c1O. The van der Waals surface area contributed by atoms with Crippen LogP contribution in [-0.2, 0) is 4.79 Å². The molecule has 2 aromatic rings. The van der Waals surface area contributed by atoms with Crippen molar-refractivity contribution in [2.24, 2.45) is 0 Å². The Labute approximate surface area is 185 Å². The van der Waals surface area contributed by atoms with Crippen LogP contribution in [0.25, 0.3) is 6.08 Å². The van der Waals surface area contributed by atoms with Crippen LogP contribution >= 0.6 is 46.6 Å². The number of phenols is 1. The van der Waals surface area contributed by atoms with Gasteiger partial charge in [-0.05, 0) is 77.6 Å². The molecule has 2 amide bonds. The van der Waals surface area contributed by atoms with E-state index in [1.165, 1.54) is 0 Å². The molecule has 2 N–H and O–H groups in total. The number of hydrazine groups is 1. The Morgan fingerprint density at radius 2 is 2.07 bits per heavy atom. The number of thioether (sulfide) groups is 1. The third kappa shape index (κ3) is 4.47. The first-order valence-corrected chi connectivity index (χ1v) is 10.5. The molecule has 28 heavy (non-hydrogen) atoms. The zero-order valence-electron chi connectivity index (χ0n) is 14.6. The minimum atomic E-state index is -0.420. The summed E-state index contributed by atoms with van der Waals surface area (Å²) in [6.07, 6.45) is 1.65. The number of aromatic hydroxyl groups is 1. The van der Waals surface area contributed by atoms with E-state index in [1.54, 1.807) is 48.5 Å². The summed E-state index contributed by atoms with van der Waals surface area (Å²) < 4.78 is 6.26. The van der Waals surface area contributed by atoms with Crippen LogP contribution in [0.2, 0.25) is 0 Å². The van der Waals surface area contributed by atoms with Crippen molar-refractivity contribution >= 4 is 68.8 Å². The van der Waals surface area contributed by atoms with Crippen molar-refractivity contribution in [1.29, 1.82) is 0 Å². The zero-order chi connectivity index (χ0) is 20.3. The standard InChI is InChI=1S/C19H15IN2O4S2/c1-2-26-14-9-11(8-13(20)16(14)23)10-15-18(25)22(19(27)28-15)21-17(24)12-6-4-3-5-7-12/h3-10,23H,2H2,1H3,(H,21,24)/b15-10+. The molecule has 1 aliphatic rings. The predicted octanol–water partition coefficient (Wildman–Crippen LogP) is 3.94. The Hall–Kier alpha value is -2.11. The van der Waals surface area contributed by atoms with Crippen LogP contribution in [0.1, 0.15) is 22.8 Å². The van der Waals surface area contributed by atoms with Crippen molar-refractivity contribution in [3.63, 3.8) is 0 Å². The van der Waals surface area contributed by atoms with E-state index in [4.69, 9.17) is 17.0 Å². The van der Waals surface area contributed by atoms with Gasteiger partial charge in [-0.1, -0.05) is 30.0 Å². The largest absolute Gasteiger partial charge is 0.504 e. The first-order valence-electron chi connectivity index (χ1n) is 8.20. The molecule has 144 valence electrons. The van der Waals surface area contributed by atoms with E-state index in [0.29, 0.717) is 32.0 Å². The second-order valence-electron chi connectivity index (χ2n) is 5.61. The van der Waals surface area contributed by atoms with Crippen molar-refractivity contribution < 1.29 is 19.4 Å². The van der Waals surface area contributed by atoms with Gasteiger partial charge in [0, 0.05) is 5.56 Å². The van der Waals surface area contributed by atoms with E-state index in [2.05, 4.69) is 5.43 Å². The van der Waals surface area contributed by atoms with E-state index >= 15 is 0 Å². The summed E-state index contributed by atoms with van der Waals surface area (Å²) in [6, 6.07) is 12.0. The van der Waals surface area contributed by atoms with Gasteiger partial charge in [-0.3, -0.25) is 15.0 Å². The zero-order valence-corrected chi connectivity index (χ0v) is 18.4. The van der Waals surface area contributed by atoms with E-state index in [1.807, 2.05) is 29.5 Å². The number of amides is 2. The van der Waals surface area contributed by atoms with Gasteiger partial charge in [0.15, 0.2) is 15.8 Å². The fourth-order valence-corrected chi connectivity index (χ4v) is 4.22. The molecule has 1 heterocycles. The summed E-state index contributed by atoms with van der Waals surface area (Å²) in [4.78, 5) is 25.4. The molecule has 0 aliphatic carbocycles. The Balaban J connectivity index is 1.82. The molecule has 9 heteroatoms. The Bertz CT molecular complexity index is 979. The third-order valence-corrected chi connectivity index (χ3v) is 5.82. The van der Waals surface area contributed by atoms with Crippen molar-refractivity contribution in [2.45, 2.75) is 6.92 Å². The van der Waals surface area contributed by atoms with Crippen molar-refractivity contribution in [3.05, 3.63) is 62.1 Å². The van der Waals surface area contributed by atoms with Gasteiger partial charge >= 0.3 is 0 Å². The van der Waals surface area contributed by atoms with Gasteiger partial charge in [0.25, 0.3) is 11.8 Å². The van der Waals surface area contributed by atoms with Gasteiger partial charge in [0.2, 0.25) is 0 Å². The number of carbonyl (C=O) groups excluding carboxylic acids is 2. The monoisotopic (exact) mass is 526 g/mol. The van der Waals surface area contributed by atoms with E-state index in [-0.39, 0.29) is 10.1 Å². The Morgan fingerprint density at radius 1 is 1.36 bits per heavy atom. The number of halogens is 1. The quantitative estimate of drug-likeness (QED) is 0.349. The molecule has 0 unspecified atom stereocenters. The molecule has 1 aliphatic heterocycles. The van der Waals surface area contributed by atoms with Gasteiger partial charge in [-0.15, -0.1) is 0 Å². The molecule has 0 aromatic heterocycles. The molecule has 0 radical (unpaired) electrons. The average Bonchev–Trinajstić information content (AvgIpc) is 2.94. The summed E-state index contributed by atoms with van der Waals surface area (Å²) >= 11 is 8.32. The number of nitrogens with one attached hydrogen (secondary N) is 1. The number of rotatable bonds is 5. The summed E-state index contributed by atoms with van der Waals surface area (Å²) in [5.41, 5.74) is 3.65. The molecule has 1 fully saturated rings. The number of thiocarbonyl (C=S) groups is 1. The van der Waals surface area contributed by atoms with E-state index in [0.717, 1.165) is 16.8 Å². The summed E-state index contributed by atoms with van der Waals surface area (Å²) in [6.45, 7) is 2.22. The molecule has 0 atom stereocenters. The molecule has 0 saturated carbocycles. The van der Waals surface area contributed by atoms with Crippen LogP contribution in [0.3, 0.4) is 0 Å². The number of benzene rings is 2. The number of hydrogen-bond donors (Lipinski definition) is 2. The molecule has 2 aromatic carbocycles. The molecule has 3 rings (SSSR count). The highest BCUT2D eigenvalue weighted by Gasteiger charge is 2.33. The van der Waals surface area contributed by atoms with Gasteiger partial charge < -0.3 is 9.84 Å². The topological polar surface area (TPSA) is 78.9 Å². The van der Waals surface area contributed by atoms with Gasteiger partial charge in [0.05, 0.1) is 15.1 Å². The second kappa shape index (κ2) is 8.93. The maximum Gasteiger partial charge on any atom is 0.285 e. The molecule has 6 nitrogen and oxygen atoms in total. The highest BCUT2D eigenvalue weighted by Crippen LogP contribution is 2.36. The predicted molar refractivity (Wildman–Crippen MR) is 121 cm³/mol. The number of nitrogens with zero attached hydrogens (tertiary/aromatic N) is 1. The van der Waals surface area contributed by atoms with Crippen molar-refractivity contribution in [3.8, 4) is 11.5 Å². The Kier molecular flexibility index (Phi) is 6.57. The second-order valence-corrected chi connectivity index (χ2v) is 8.44. The highest BCUT2D eigenvalue weighted by molar-refractivity contribution is 14.1. The minimum absolute atomic E-state index is 0.0577. The van der Waals surface area contributed by atoms with Crippen LogP contribution in [0.15, 0.2) is 47.4 Å². The number of phenolic OH excluding ortho intramolecular Hbond substituents is 1. The first-order chi connectivity index (χ1) is 13.4. The molecule has 0 bridgehead atoms. The van der Waals surface area contributed by atoms with Gasteiger partial charge in [-0.25, -0.2) is 0 Å². The number of hydrogen-bond acceptors (Lipinski definition) is 6. The fraction of sp³-hybridized carbons (Fsp3) is 0.105.